The Bertz CT molecular complexity index is 548. The van der Waals surface area contributed by atoms with Crippen molar-refractivity contribution >= 4 is 16.8 Å². The summed E-state index contributed by atoms with van der Waals surface area (Å²) in [4.78, 5) is 14.8. The van der Waals surface area contributed by atoms with E-state index in [9.17, 15) is 9.00 Å². The van der Waals surface area contributed by atoms with Crippen LogP contribution in [0.15, 0.2) is 58.5 Å². The van der Waals surface area contributed by atoms with Crippen molar-refractivity contribution in [3.05, 3.63) is 53.6 Å². The van der Waals surface area contributed by atoms with E-state index in [1.807, 2.05) is 26.1 Å². The number of benzene rings is 1. The Morgan fingerprint density at radius 1 is 1.18 bits per heavy atom. The van der Waals surface area contributed by atoms with Crippen molar-refractivity contribution < 1.29 is 13.7 Å². The number of esters is 1. The summed E-state index contributed by atoms with van der Waals surface area (Å²) in [6.07, 6.45) is 5.18. The molecule has 4 nitrogen and oxygen atoms in total. The summed E-state index contributed by atoms with van der Waals surface area (Å²) in [5.41, 5.74) is 0. The number of rotatable bonds is 8. The smallest absolute Gasteiger partial charge is 0.347 e. The first kappa shape index (κ1) is 18.2. The summed E-state index contributed by atoms with van der Waals surface area (Å²) >= 11 is 0. The van der Waals surface area contributed by atoms with Crippen LogP contribution in [0.5, 0.6) is 0 Å². The number of hydrogen-bond acceptors (Lipinski definition) is 4. The summed E-state index contributed by atoms with van der Waals surface area (Å²) in [6.45, 7) is 7.82. The van der Waals surface area contributed by atoms with Gasteiger partial charge in [0.05, 0.1) is 17.4 Å². The van der Waals surface area contributed by atoms with Crippen LogP contribution >= 0.6 is 0 Å². The second-order valence-corrected chi connectivity index (χ2v) is 5.84. The number of nitrogens with zero attached hydrogens (tertiary/aromatic N) is 1. The van der Waals surface area contributed by atoms with E-state index < -0.39 is 16.8 Å². The minimum atomic E-state index is -1.55. The number of ether oxygens (including phenoxy) is 1. The largest absolute Gasteiger partial charge is 0.462 e. The minimum absolute atomic E-state index is 0.149. The molecule has 0 amide bonds. The highest BCUT2D eigenvalue weighted by Gasteiger charge is 2.18. The normalized spacial score (nSPS) is 13.1. The van der Waals surface area contributed by atoms with E-state index in [0.29, 0.717) is 4.90 Å². The summed E-state index contributed by atoms with van der Waals surface area (Å²) < 4.78 is 17.6. The lowest BCUT2D eigenvalue weighted by molar-refractivity contribution is -0.137. The zero-order valence-electron chi connectivity index (χ0n) is 13.3. The Morgan fingerprint density at radius 3 is 2.36 bits per heavy atom. The van der Waals surface area contributed by atoms with Crippen molar-refractivity contribution in [3.8, 4) is 0 Å². The van der Waals surface area contributed by atoms with Crippen LogP contribution in [0.4, 0.5) is 0 Å². The molecular formula is C17H23NO3S. The van der Waals surface area contributed by atoms with Gasteiger partial charge in [-0.1, -0.05) is 18.2 Å². The lowest BCUT2D eigenvalue weighted by atomic mass is 10.4. The Morgan fingerprint density at radius 2 is 1.82 bits per heavy atom. The average Bonchev–Trinajstić information content (AvgIpc) is 2.55. The molecule has 0 saturated carbocycles. The lowest BCUT2D eigenvalue weighted by Crippen LogP contribution is -2.15. The van der Waals surface area contributed by atoms with Crippen LogP contribution in [0.1, 0.15) is 20.8 Å². The number of carbonyl (C=O) groups is 1. The third-order valence-electron chi connectivity index (χ3n) is 2.99. The van der Waals surface area contributed by atoms with Crippen LogP contribution in [0.25, 0.3) is 0 Å². The molecule has 0 saturated heterocycles. The Balaban J connectivity index is 3.03. The fourth-order valence-corrected chi connectivity index (χ4v) is 2.84. The molecule has 22 heavy (non-hydrogen) atoms. The van der Waals surface area contributed by atoms with Crippen LogP contribution < -0.4 is 0 Å². The molecule has 0 aliphatic rings. The van der Waals surface area contributed by atoms with Gasteiger partial charge in [-0.3, -0.25) is 0 Å². The Hall–Kier alpha value is -1.88. The molecule has 0 spiro atoms. The van der Waals surface area contributed by atoms with Crippen LogP contribution in [0, 0.1) is 0 Å². The monoisotopic (exact) mass is 321 g/mol. The molecule has 0 aromatic heterocycles. The second-order valence-electron chi connectivity index (χ2n) is 4.40. The first-order valence-corrected chi connectivity index (χ1v) is 8.55. The van der Waals surface area contributed by atoms with E-state index in [-0.39, 0.29) is 11.5 Å². The van der Waals surface area contributed by atoms with Gasteiger partial charge in [-0.05, 0) is 51.3 Å². The van der Waals surface area contributed by atoms with Gasteiger partial charge in [0.1, 0.15) is 4.91 Å². The Kier molecular flexibility index (Phi) is 8.22. The summed E-state index contributed by atoms with van der Waals surface area (Å²) in [7, 11) is -1.55. The van der Waals surface area contributed by atoms with E-state index in [1.165, 1.54) is 0 Å². The van der Waals surface area contributed by atoms with Gasteiger partial charge in [0, 0.05) is 18.0 Å². The zero-order valence-corrected chi connectivity index (χ0v) is 14.1. The molecular weight excluding hydrogens is 298 g/mol. The molecule has 0 radical (unpaired) electrons. The predicted molar refractivity (Wildman–Crippen MR) is 89.6 cm³/mol. The van der Waals surface area contributed by atoms with Gasteiger partial charge in [0.25, 0.3) is 0 Å². The van der Waals surface area contributed by atoms with Crippen molar-refractivity contribution in [1.29, 1.82) is 0 Å². The van der Waals surface area contributed by atoms with Crippen molar-refractivity contribution in [3.63, 3.8) is 0 Å². The van der Waals surface area contributed by atoms with Gasteiger partial charge in [-0.25, -0.2) is 9.00 Å². The van der Waals surface area contributed by atoms with Gasteiger partial charge in [-0.15, -0.1) is 0 Å². The third kappa shape index (κ3) is 5.48. The molecule has 1 rings (SSSR count). The van der Waals surface area contributed by atoms with Crippen LogP contribution in [0.2, 0.25) is 0 Å². The zero-order chi connectivity index (χ0) is 16.4. The first-order valence-electron chi connectivity index (χ1n) is 7.40. The molecule has 1 unspecified atom stereocenters. The molecule has 120 valence electrons. The Labute approximate surface area is 134 Å². The highest BCUT2D eigenvalue weighted by Crippen LogP contribution is 2.16. The number of carbonyl (C=O) groups excluding carboxylic acids is 1. The van der Waals surface area contributed by atoms with Crippen molar-refractivity contribution in [2.24, 2.45) is 0 Å². The highest BCUT2D eigenvalue weighted by atomic mass is 32.2. The fraction of sp³-hybridized carbons (Fsp3) is 0.353. The molecule has 0 bridgehead atoms. The quantitative estimate of drug-likeness (QED) is 0.419. The summed E-state index contributed by atoms with van der Waals surface area (Å²) in [6, 6.07) is 8.90. The molecule has 0 heterocycles. The van der Waals surface area contributed by atoms with E-state index in [2.05, 4.69) is 4.90 Å². The maximum atomic E-state index is 12.6. The molecule has 1 atom stereocenters. The highest BCUT2D eigenvalue weighted by molar-refractivity contribution is 7.90. The fourth-order valence-electron chi connectivity index (χ4n) is 1.77. The standard InChI is InChI=1S/C17H23NO3S/c1-4-18(5-2)14-10-13-16(17(19)21-6-3)22(20)15-11-8-7-9-12-15/h7-14H,4-6H2,1-3H3/b14-10+,16-13+. The topological polar surface area (TPSA) is 46.6 Å². The maximum Gasteiger partial charge on any atom is 0.347 e. The van der Waals surface area contributed by atoms with Crippen LogP contribution in [-0.2, 0) is 20.3 Å². The van der Waals surface area contributed by atoms with Crippen molar-refractivity contribution in [1.82, 2.24) is 4.90 Å². The molecule has 5 heteroatoms. The molecule has 0 fully saturated rings. The van der Waals surface area contributed by atoms with E-state index in [0.717, 1.165) is 13.1 Å². The lowest BCUT2D eigenvalue weighted by Gasteiger charge is -2.14. The van der Waals surface area contributed by atoms with E-state index >= 15 is 0 Å². The molecule has 0 aliphatic carbocycles. The minimum Gasteiger partial charge on any atom is -0.462 e. The van der Waals surface area contributed by atoms with E-state index in [4.69, 9.17) is 4.74 Å². The van der Waals surface area contributed by atoms with Gasteiger partial charge < -0.3 is 9.64 Å². The van der Waals surface area contributed by atoms with Gasteiger partial charge in [0.2, 0.25) is 0 Å². The van der Waals surface area contributed by atoms with E-state index in [1.54, 1.807) is 43.3 Å². The van der Waals surface area contributed by atoms with Crippen molar-refractivity contribution in [2.45, 2.75) is 25.7 Å². The van der Waals surface area contributed by atoms with Crippen molar-refractivity contribution in [2.75, 3.05) is 19.7 Å². The SMILES string of the molecule is CCOC(=O)/C(=C\C=C\N(CC)CC)S(=O)c1ccccc1. The van der Waals surface area contributed by atoms with Gasteiger partial charge in [0.15, 0.2) is 0 Å². The first-order chi connectivity index (χ1) is 10.6. The number of hydrogen-bond donors (Lipinski definition) is 0. The van der Waals surface area contributed by atoms with Gasteiger partial charge >= 0.3 is 5.97 Å². The number of allylic oxidation sites excluding steroid dienone is 2. The maximum absolute atomic E-state index is 12.6. The molecule has 0 N–H and O–H groups in total. The second kappa shape index (κ2) is 9.95. The molecule has 1 aromatic carbocycles. The summed E-state index contributed by atoms with van der Waals surface area (Å²) in [5, 5.41) is 0. The molecule has 1 aromatic rings. The summed E-state index contributed by atoms with van der Waals surface area (Å²) in [5.74, 6) is -0.547. The average molecular weight is 321 g/mol. The molecule has 0 aliphatic heterocycles. The van der Waals surface area contributed by atoms with Crippen LogP contribution in [-0.4, -0.2) is 34.8 Å². The van der Waals surface area contributed by atoms with Crippen LogP contribution in [0.3, 0.4) is 0 Å². The third-order valence-corrected chi connectivity index (χ3v) is 4.39. The van der Waals surface area contributed by atoms with Gasteiger partial charge in [-0.2, -0.15) is 0 Å². The predicted octanol–water partition coefficient (Wildman–Crippen LogP) is 3.10.